The lowest BCUT2D eigenvalue weighted by atomic mass is 10.1. The summed E-state index contributed by atoms with van der Waals surface area (Å²) in [5.41, 5.74) is 2.21. The summed E-state index contributed by atoms with van der Waals surface area (Å²) in [6.45, 7) is 0.715. The van der Waals surface area contributed by atoms with Crippen molar-refractivity contribution in [2.45, 2.75) is 13.1 Å². The van der Waals surface area contributed by atoms with Crippen LogP contribution < -0.4 is 10.6 Å². The molecule has 0 saturated carbocycles. The second kappa shape index (κ2) is 8.66. The van der Waals surface area contributed by atoms with E-state index in [0.717, 1.165) is 11.1 Å². The van der Waals surface area contributed by atoms with Gasteiger partial charge in [0.05, 0.1) is 4.92 Å². The molecule has 0 aliphatic rings. The fraction of sp³-hybridized carbons (Fsp3) is 0.105. The summed E-state index contributed by atoms with van der Waals surface area (Å²) in [5.74, 6) is -0.359. The van der Waals surface area contributed by atoms with Crippen molar-refractivity contribution in [3.8, 4) is 0 Å². The Hall–Kier alpha value is -2.90. The number of nitrogens with zero attached hydrogens (tertiary/aromatic N) is 1. The van der Waals surface area contributed by atoms with Gasteiger partial charge in [-0.05, 0) is 46.2 Å². The van der Waals surface area contributed by atoms with Crippen LogP contribution in [0.15, 0.2) is 59.3 Å². The zero-order valence-corrected chi connectivity index (χ0v) is 15.7. The van der Waals surface area contributed by atoms with E-state index in [1.165, 1.54) is 12.1 Å². The highest BCUT2D eigenvalue weighted by Crippen LogP contribution is 2.27. The van der Waals surface area contributed by atoms with Gasteiger partial charge in [-0.25, -0.2) is 0 Å². The Morgan fingerprint density at radius 2 is 1.96 bits per heavy atom. The van der Waals surface area contributed by atoms with E-state index in [-0.39, 0.29) is 17.2 Å². The minimum absolute atomic E-state index is 0.162. The molecule has 0 radical (unpaired) electrons. The maximum absolute atomic E-state index is 12.3. The van der Waals surface area contributed by atoms with Gasteiger partial charge in [0.15, 0.2) is 0 Å². The molecule has 0 aliphatic carbocycles. The van der Waals surface area contributed by atoms with Crippen molar-refractivity contribution in [2.24, 2.45) is 0 Å². The van der Waals surface area contributed by atoms with Crippen molar-refractivity contribution >= 4 is 40.2 Å². The number of nitro benzene ring substituents is 1. The number of carbonyl (C=O) groups excluding carboxylic acids is 1. The number of anilines is 1. The highest BCUT2D eigenvalue weighted by atomic mass is 35.5. The van der Waals surface area contributed by atoms with Gasteiger partial charge in [-0.3, -0.25) is 14.9 Å². The van der Waals surface area contributed by atoms with Crippen LogP contribution in [0, 0.1) is 10.1 Å². The molecular weight excluding hydrogens is 386 g/mol. The molecule has 3 rings (SSSR count). The number of benzene rings is 2. The molecule has 27 heavy (non-hydrogen) atoms. The Balaban J connectivity index is 1.73. The molecule has 1 amide bonds. The molecule has 0 aliphatic heterocycles. The van der Waals surface area contributed by atoms with Crippen LogP contribution in [0.4, 0.5) is 11.4 Å². The van der Waals surface area contributed by atoms with Crippen LogP contribution in [-0.2, 0) is 13.1 Å². The largest absolute Gasteiger partial charge is 0.375 e. The molecule has 0 bridgehead atoms. The second-order valence-corrected chi connectivity index (χ2v) is 6.94. The van der Waals surface area contributed by atoms with Crippen LogP contribution >= 0.6 is 22.9 Å². The molecule has 8 heteroatoms. The van der Waals surface area contributed by atoms with Crippen molar-refractivity contribution in [2.75, 3.05) is 5.32 Å². The van der Waals surface area contributed by atoms with Crippen molar-refractivity contribution in [1.29, 1.82) is 0 Å². The van der Waals surface area contributed by atoms with E-state index in [4.69, 9.17) is 11.6 Å². The van der Waals surface area contributed by atoms with Crippen LogP contribution in [0.1, 0.15) is 21.5 Å². The normalized spacial score (nSPS) is 10.4. The molecule has 1 aromatic heterocycles. The second-order valence-electron chi connectivity index (χ2n) is 5.75. The maximum atomic E-state index is 12.3. The number of amides is 1. The summed E-state index contributed by atoms with van der Waals surface area (Å²) >= 11 is 7.65. The minimum atomic E-state index is -0.509. The molecule has 0 fully saturated rings. The van der Waals surface area contributed by atoms with Crippen LogP contribution in [0.3, 0.4) is 0 Å². The van der Waals surface area contributed by atoms with Crippen LogP contribution in [0.5, 0.6) is 0 Å². The van der Waals surface area contributed by atoms with E-state index < -0.39 is 4.92 Å². The van der Waals surface area contributed by atoms with E-state index >= 15 is 0 Å². The molecule has 6 nitrogen and oxygen atoms in total. The third-order valence-electron chi connectivity index (χ3n) is 3.92. The fourth-order valence-electron chi connectivity index (χ4n) is 2.48. The lowest BCUT2D eigenvalue weighted by molar-refractivity contribution is -0.384. The standard InChI is InChI=1S/C19H16ClN3O3S/c20-16-4-2-1-3-15(16)11-21-17-6-5-14(9-18(17)23(25)26)19(24)22-10-13-7-8-27-12-13/h1-9,12,21H,10-11H2,(H,22,24). The molecule has 2 N–H and O–H groups in total. The average Bonchev–Trinajstić information content (AvgIpc) is 3.19. The smallest absolute Gasteiger partial charge is 0.293 e. The molecule has 138 valence electrons. The lowest BCUT2D eigenvalue weighted by Gasteiger charge is -2.10. The van der Waals surface area contributed by atoms with Gasteiger partial charge < -0.3 is 10.6 Å². The number of halogens is 1. The monoisotopic (exact) mass is 401 g/mol. The zero-order valence-electron chi connectivity index (χ0n) is 14.1. The first-order valence-corrected chi connectivity index (χ1v) is 9.41. The first-order chi connectivity index (χ1) is 13.0. The number of hydrogen-bond donors (Lipinski definition) is 2. The molecule has 3 aromatic rings. The van der Waals surface area contributed by atoms with E-state index in [2.05, 4.69) is 10.6 Å². The van der Waals surface area contributed by atoms with Gasteiger partial charge in [0.25, 0.3) is 11.6 Å². The summed E-state index contributed by atoms with van der Waals surface area (Å²) in [5, 5.41) is 21.6. The maximum Gasteiger partial charge on any atom is 0.293 e. The highest BCUT2D eigenvalue weighted by Gasteiger charge is 2.17. The quantitative estimate of drug-likeness (QED) is 0.437. The summed E-state index contributed by atoms with van der Waals surface area (Å²) in [4.78, 5) is 23.2. The summed E-state index contributed by atoms with van der Waals surface area (Å²) in [7, 11) is 0. The van der Waals surface area contributed by atoms with E-state index in [9.17, 15) is 14.9 Å². The predicted molar refractivity (Wildman–Crippen MR) is 107 cm³/mol. The number of thiophene rings is 1. The molecular formula is C19H16ClN3O3S. The van der Waals surface area contributed by atoms with Gasteiger partial charge in [-0.15, -0.1) is 0 Å². The molecule has 0 spiro atoms. The Morgan fingerprint density at radius 1 is 1.15 bits per heavy atom. The van der Waals surface area contributed by atoms with Gasteiger partial charge in [0.1, 0.15) is 5.69 Å². The van der Waals surface area contributed by atoms with Gasteiger partial charge >= 0.3 is 0 Å². The van der Waals surface area contributed by atoms with E-state index in [1.807, 2.05) is 35.0 Å². The summed E-state index contributed by atoms with van der Waals surface area (Å²) in [6.07, 6.45) is 0. The average molecular weight is 402 g/mol. The number of nitrogens with one attached hydrogen (secondary N) is 2. The van der Waals surface area contributed by atoms with Crippen LogP contribution in [0.2, 0.25) is 5.02 Å². The summed E-state index contributed by atoms with van der Waals surface area (Å²) < 4.78 is 0. The Kier molecular flexibility index (Phi) is 6.05. The highest BCUT2D eigenvalue weighted by molar-refractivity contribution is 7.07. The number of rotatable bonds is 7. The molecule has 0 unspecified atom stereocenters. The van der Waals surface area contributed by atoms with Crippen LogP contribution in [0.25, 0.3) is 0 Å². The van der Waals surface area contributed by atoms with Gasteiger partial charge in [-0.1, -0.05) is 29.8 Å². The van der Waals surface area contributed by atoms with Crippen molar-refractivity contribution in [1.82, 2.24) is 5.32 Å². The van der Waals surface area contributed by atoms with Crippen LogP contribution in [-0.4, -0.2) is 10.8 Å². The topological polar surface area (TPSA) is 84.3 Å². The van der Waals surface area contributed by atoms with Gasteiger partial charge in [0.2, 0.25) is 0 Å². The number of carbonyl (C=O) groups is 1. The first-order valence-electron chi connectivity index (χ1n) is 8.09. The van der Waals surface area contributed by atoms with E-state index in [1.54, 1.807) is 23.5 Å². The van der Waals surface area contributed by atoms with E-state index in [0.29, 0.717) is 23.8 Å². The molecule has 2 aromatic carbocycles. The molecule has 1 heterocycles. The minimum Gasteiger partial charge on any atom is -0.375 e. The Bertz CT molecular complexity index is 961. The van der Waals surface area contributed by atoms with Crippen molar-refractivity contribution < 1.29 is 9.72 Å². The number of nitro groups is 1. The molecule has 0 saturated heterocycles. The van der Waals surface area contributed by atoms with Crippen molar-refractivity contribution in [3.05, 3.63) is 91.1 Å². The third-order valence-corrected chi connectivity index (χ3v) is 5.02. The Morgan fingerprint density at radius 3 is 2.67 bits per heavy atom. The predicted octanol–water partition coefficient (Wildman–Crippen LogP) is 4.85. The molecule has 0 atom stereocenters. The lowest BCUT2D eigenvalue weighted by Crippen LogP contribution is -2.22. The van der Waals surface area contributed by atoms with Gasteiger partial charge in [0, 0.05) is 29.7 Å². The fourth-order valence-corrected chi connectivity index (χ4v) is 3.35. The third kappa shape index (κ3) is 4.84. The Labute approximate surface area is 164 Å². The zero-order chi connectivity index (χ0) is 19.2. The van der Waals surface area contributed by atoms with Crippen molar-refractivity contribution in [3.63, 3.8) is 0 Å². The van der Waals surface area contributed by atoms with Gasteiger partial charge in [-0.2, -0.15) is 11.3 Å². The number of hydrogen-bond acceptors (Lipinski definition) is 5. The SMILES string of the molecule is O=C(NCc1ccsc1)c1ccc(NCc2ccccc2Cl)c([N+](=O)[O-])c1. The first kappa shape index (κ1) is 18.9. The summed E-state index contributed by atoms with van der Waals surface area (Å²) in [6, 6.07) is 13.5.